The molecular weight excluding hydrogens is 290 g/mol. The summed E-state index contributed by atoms with van der Waals surface area (Å²) >= 11 is 7.85. The quantitative estimate of drug-likeness (QED) is 0.645. The van der Waals surface area contributed by atoms with Crippen molar-refractivity contribution in [1.82, 2.24) is 5.32 Å². The molecule has 2 rings (SSSR count). The second kappa shape index (κ2) is 6.97. The maximum atomic E-state index is 13.0. The molecule has 20 heavy (non-hydrogen) atoms. The van der Waals surface area contributed by atoms with E-state index in [1.165, 1.54) is 0 Å². The summed E-state index contributed by atoms with van der Waals surface area (Å²) < 4.78 is 0. The van der Waals surface area contributed by atoms with Gasteiger partial charge in [0, 0.05) is 22.4 Å². The van der Waals surface area contributed by atoms with E-state index in [0.717, 1.165) is 49.2 Å². The number of rotatable bonds is 5. The van der Waals surface area contributed by atoms with Gasteiger partial charge in [-0.2, -0.15) is 0 Å². The first-order valence-electron chi connectivity index (χ1n) is 7.22. The lowest BCUT2D eigenvalue weighted by molar-refractivity contribution is 0.0718. The molecule has 1 aliphatic rings. The fourth-order valence-electron chi connectivity index (χ4n) is 3.08. The van der Waals surface area contributed by atoms with Crippen LogP contribution in [-0.2, 0) is 0 Å². The Morgan fingerprint density at radius 2 is 2.30 bits per heavy atom. The molecule has 0 amide bonds. The number of piperidine rings is 1. The molecule has 1 aliphatic heterocycles. The third-order valence-corrected chi connectivity index (χ3v) is 5.32. The maximum absolute atomic E-state index is 13.0. The highest BCUT2D eigenvalue weighted by Crippen LogP contribution is 2.36. The van der Waals surface area contributed by atoms with Crippen LogP contribution in [-0.4, -0.2) is 25.1 Å². The van der Waals surface area contributed by atoms with Gasteiger partial charge >= 0.3 is 0 Å². The summed E-state index contributed by atoms with van der Waals surface area (Å²) in [6.07, 6.45) is 6.02. The zero-order chi connectivity index (χ0) is 14.6. The lowest BCUT2D eigenvalue weighted by Gasteiger charge is -2.36. The van der Waals surface area contributed by atoms with Crippen LogP contribution in [0.25, 0.3) is 0 Å². The number of hydrogen-bond acceptors (Lipinski definition) is 3. The second-order valence-corrected chi connectivity index (χ2v) is 6.74. The van der Waals surface area contributed by atoms with Crippen molar-refractivity contribution in [1.29, 1.82) is 0 Å². The van der Waals surface area contributed by atoms with Crippen LogP contribution in [0.1, 0.15) is 43.0 Å². The Kier molecular flexibility index (Phi) is 5.53. The Labute approximate surface area is 130 Å². The first-order valence-corrected chi connectivity index (χ1v) is 8.82. The molecule has 0 aliphatic carbocycles. The summed E-state index contributed by atoms with van der Waals surface area (Å²) in [5.41, 5.74) is 0.516. The first-order chi connectivity index (χ1) is 9.63. The first kappa shape index (κ1) is 15.9. The van der Waals surface area contributed by atoms with E-state index in [-0.39, 0.29) is 11.2 Å². The van der Waals surface area contributed by atoms with Gasteiger partial charge < -0.3 is 5.32 Å². The predicted octanol–water partition coefficient (Wildman–Crippen LogP) is 4.41. The van der Waals surface area contributed by atoms with Gasteiger partial charge in [0.05, 0.1) is 5.02 Å². The molecular formula is C16H22ClNOS. The summed E-state index contributed by atoms with van der Waals surface area (Å²) in [7, 11) is 0. The minimum Gasteiger partial charge on any atom is -0.316 e. The van der Waals surface area contributed by atoms with Crippen molar-refractivity contribution in [2.75, 3.05) is 19.3 Å². The van der Waals surface area contributed by atoms with Crippen LogP contribution in [0.5, 0.6) is 0 Å². The van der Waals surface area contributed by atoms with Crippen LogP contribution in [0.4, 0.5) is 0 Å². The highest BCUT2D eigenvalue weighted by atomic mass is 35.5. The summed E-state index contributed by atoms with van der Waals surface area (Å²) in [6, 6.07) is 5.71. The molecule has 4 heteroatoms. The Balaban J connectivity index is 2.29. The number of benzene rings is 1. The Hall–Kier alpha value is -0.510. The molecule has 1 saturated heterocycles. The van der Waals surface area contributed by atoms with Crippen LogP contribution in [0.15, 0.2) is 23.1 Å². The molecule has 1 aromatic carbocycles. The second-order valence-electron chi connectivity index (χ2n) is 5.49. The molecule has 1 heterocycles. The van der Waals surface area contributed by atoms with Crippen molar-refractivity contribution in [2.24, 2.45) is 5.41 Å². The van der Waals surface area contributed by atoms with Gasteiger partial charge in [-0.1, -0.05) is 31.0 Å². The highest BCUT2D eigenvalue weighted by molar-refractivity contribution is 7.98. The van der Waals surface area contributed by atoms with Gasteiger partial charge in [0.15, 0.2) is 5.78 Å². The van der Waals surface area contributed by atoms with E-state index < -0.39 is 0 Å². The van der Waals surface area contributed by atoms with Gasteiger partial charge in [-0.3, -0.25) is 4.79 Å². The fraction of sp³-hybridized carbons (Fsp3) is 0.562. The summed E-state index contributed by atoms with van der Waals surface area (Å²) in [4.78, 5) is 14.0. The maximum Gasteiger partial charge on any atom is 0.170 e. The van der Waals surface area contributed by atoms with Crippen LogP contribution < -0.4 is 5.32 Å². The van der Waals surface area contributed by atoms with E-state index in [1.54, 1.807) is 11.8 Å². The highest BCUT2D eigenvalue weighted by Gasteiger charge is 2.39. The third kappa shape index (κ3) is 3.21. The minimum atomic E-state index is -0.239. The predicted molar refractivity (Wildman–Crippen MR) is 87.0 cm³/mol. The van der Waals surface area contributed by atoms with Crippen molar-refractivity contribution >= 4 is 29.1 Å². The monoisotopic (exact) mass is 311 g/mol. The Morgan fingerprint density at radius 3 is 2.85 bits per heavy atom. The fourth-order valence-corrected chi connectivity index (χ4v) is 3.95. The lowest BCUT2D eigenvalue weighted by Crippen LogP contribution is -2.45. The van der Waals surface area contributed by atoms with Crippen LogP contribution in [0.3, 0.4) is 0 Å². The average Bonchev–Trinajstić information content (AvgIpc) is 2.47. The number of ketones is 1. The largest absolute Gasteiger partial charge is 0.316 e. The molecule has 0 bridgehead atoms. The topological polar surface area (TPSA) is 29.1 Å². The molecule has 1 N–H and O–H groups in total. The smallest absolute Gasteiger partial charge is 0.170 e. The molecule has 0 radical (unpaired) electrons. The molecule has 1 aromatic rings. The molecule has 2 nitrogen and oxygen atoms in total. The lowest BCUT2D eigenvalue weighted by atomic mass is 9.71. The summed E-state index contributed by atoms with van der Waals surface area (Å²) in [5, 5.41) is 4.07. The zero-order valence-electron chi connectivity index (χ0n) is 12.2. The number of thioether (sulfide) groups is 1. The minimum absolute atomic E-state index is 0.239. The van der Waals surface area contributed by atoms with E-state index in [9.17, 15) is 4.79 Å². The zero-order valence-corrected chi connectivity index (χ0v) is 13.7. The molecule has 0 saturated carbocycles. The molecule has 0 aromatic heterocycles. The van der Waals surface area contributed by atoms with E-state index in [0.29, 0.717) is 5.02 Å². The molecule has 1 fully saturated rings. The molecule has 110 valence electrons. The van der Waals surface area contributed by atoms with Crippen LogP contribution >= 0.6 is 23.4 Å². The number of nitrogens with one attached hydrogen (secondary N) is 1. The Morgan fingerprint density at radius 1 is 1.50 bits per heavy atom. The van der Waals surface area contributed by atoms with Gasteiger partial charge in [-0.05, 0) is 44.2 Å². The normalized spacial score (nSPS) is 22.8. The summed E-state index contributed by atoms with van der Waals surface area (Å²) in [6.45, 7) is 3.96. The van der Waals surface area contributed by atoms with Gasteiger partial charge in [0.2, 0.25) is 0 Å². The van der Waals surface area contributed by atoms with E-state index >= 15 is 0 Å². The molecule has 1 unspecified atom stereocenters. The van der Waals surface area contributed by atoms with E-state index in [4.69, 9.17) is 11.6 Å². The van der Waals surface area contributed by atoms with Gasteiger partial charge in [0.1, 0.15) is 0 Å². The average molecular weight is 312 g/mol. The van der Waals surface area contributed by atoms with Crippen molar-refractivity contribution in [2.45, 2.75) is 37.5 Å². The number of carbonyl (C=O) groups excluding carboxylic acids is 1. The standard InChI is InChI=1S/C16H22ClNOS/c1-3-7-16(8-4-9-18-11-16)15(19)12-5-6-14(20-2)13(17)10-12/h5-6,10,18H,3-4,7-9,11H2,1-2H3. The molecule has 1 atom stereocenters. The summed E-state index contributed by atoms with van der Waals surface area (Å²) in [5.74, 6) is 0.251. The van der Waals surface area contributed by atoms with Crippen LogP contribution in [0, 0.1) is 5.41 Å². The SMILES string of the molecule is CCCC1(C(=O)c2ccc(SC)c(Cl)c2)CCCNC1. The van der Waals surface area contributed by atoms with E-state index in [2.05, 4.69) is 12.2 Å². The third-order valence-electron chi connectivity index (χ3n) is 4.10. The van der Waals surface area contributed by atoms with Crippen molar-refractivity contribution in [3.05, 3.63) is 28.8 Å². The van der Waals surface area contributed by atoms with Crippen molar-refractivity contribution in [3.63, 3.8) is 0 Å². The van der Waals surface area contributed by atoms with Gasteiger partial charge in [-0.25, -0.2) is 0 Å². The number of Topliss-reactive ketones (excluding diaryl/α,β-unsaturated/α-hetero) is 1. The number of halogens is 1. The number of hydrogen-bond donors (Lipinski definition) is 1. The van der Waals surface area contributed by atoms with Gasteiger partial charge in [0.25, 0.3) is 0 Å². The molecule has 0 spiro atoms. The Bertz CT molecular complexity index is 478. The van der Waals surface area contributed by atoms with Gasteiger partial charge in [-0.15, -0.1) is 11.8 Å². The van der Waals surface area contributed by atoms with Crippen LogP contribution in [0.2, 0.25) is 5.02 Å². The van der Waals surface area contributed by atoms with E-state index in [1.807, 2.05) is 24.5 Å². The number of carbonyl (C=O) groups is 1. The van der Waals surface area contributed by atoms with Crippen molar-refractivity contribution in [3.8, 4) is 0 Å². The van der Waals surface area contributed by atoms with Crippen molar-refractivity contribution < 1.29 is 4.79 Å².